The van der Waals surface area contributed by atoms with E-state index in [4.69, 9.17) is 10.7 Å². The number of carbonyl (C=O) groups excluding carboxylic acids is 2. The normalized spacial score (nSPS) is 24.3. The summed E-state index contributed by atoms with van der Waals surface area (Å²) < 4.78 is 2.06. The molecule has 1 atom stereocenters. The number of likely N-dealkylation sites (N-methyl/N-ethyl adjacent to an activating group) is 1. The molecule has 32 heavy (non-hydrogen) atoms. The van der Waals surface area contributed by atoms with Crippen LogP contribution in [0.2, 0.25) is 0 Å². The molecule has 0 spiro atoms. The Hall–Kier alpha value is -1.69. The van der Waals surface area contributed by atoms with E-state index in [1.54, 1.807) is 4.90 Å². The Morgan fingerprint density at radius 3 is 2.47 bits per heavy atom. The van der Waals surface area contributed by atoms with Crippen LogP contribution in [-0.4, -0.2) is 82.7 Å². The second-order valence-corrected chi connectivity index (χ2v) is 10.1. The van der Waals surface area contributed by atoms with Crippen LogP contribution in [0.25, 0.3) is 0 Å². The van der Waals surface area contributed by atoms with Crippen LogP contribution in [0.1, 0.15) is 57.8 Å². The molecule has 1 aliphatic carbocycles. The number of piperidine rings is 1. The van der Waals surface area contributed by atoms with Crippen LogP contribution in [0, 0.1) is 5.92 Å². The molecule has 0 radical (unpaired) electrons. The van der Waals surface area contributed by atoms with Crippen molar-refractivity contribution >= 4 is 22.2 Å². The van der Waals surface area contributed by atoms with Gasteiger partial charge in [0.25, 0.3) is 0 Å². The van der Waals surface area contributed by atoms with Crippen molar-refractivity contribution in [1.29, 1.82) is 0 Å². The average molecular weight is 614 g/mol. The number of amidine groups is 1. The van der Waals surface area contributed by atoms with E-state index in [-0.39, 0.29) is 12.1 Å². The maximum absolute atomic E-state index is 12.5. The van der Waals surface area contributed by atoms with Crippen molar-refractivity contribution in [1.82, 2.24) is 20.0 Å². The minimum atomic E-state index is -0.487. The van der Waals surface area contributed by atoms with Crippen molar-refractivity contribution < 1.29 is 28.9 Å². The first-order valence-corrected chi connectivity index (χ1v) is 13.7. The van der Waals surface area contributed by atoms with Crippen LogP contribution in [0.5, 0.6) is 0 Å². The number of nitrogens with one attached hydrogen (secondary N) is 1. The summed E-state index contributed by atoms with van der Waals surface area (Å²) >= 11 is 1.30. The Balaban J connectivity index is 1.66. The van der Waals surface area contributed by atoms with Gasteiger partial charge in [-0.25, -0.2) is 0 Å². The zero-order valence-electron chi connectivity index (χ0n) is 19.3. The Morgan fingerprint density at radius 2 is 1.84 bits per heavy atom. The topological polar surface area (TPSA) is 94.3 Å². The summed E-state index contributed by atoms with van der Waals surface area (Å²) in [5, 5.41) is 3.42. The van der Waals surface area contributed by atoms with Crippen LogP contribution >= 0.6 is 0 Å². The van der Waals surface area contributed by atoms with Crippen LogP contribution < -0.4 is 11.1 Å². The molecule has 2 aliphatic heterocycles. The Morgan fingerprint density at radius 1 is 1.12 bits per heavy atom. The minimum absolute atomic E-state index is 0.122. The van der Waals surface area contributed by atoms with Crippen molar-refractivity contribution in [3.05, 3.63) is 11.9 Å². The summed E-state index contributed by atoms with van der Waals surface area (Å²) in [6.07, 6.45) is 12.4. The van der Waals surface area contributed by atoms with Gasteiger partial charge in [-0.3, -0.25) is 0 Å². The standard InChI is InChI=1S/C23H38N6O2.W/c1-18(28-12-8-11-20(17-28)29-14-13-27(2)23(29)31)26-22(15-21(24)30)25-16-19-9-6-4-3-5-7-10-19;/h1,15,19-20,25H,3-14,16-17H2,2H3,(H2,24,30);/b22-15?,26-18+;. The molecule has 9 heteroatoms. The van der Waals surface area contributed by atoms with E-state index in [0.717, 1.165) is 51.4 Å². The van der Waals surface area contributed by atoms with Gasteiger partial charge in [-0.15, -0.1) is 0 Å². The molecule has 1 saturated carbocycles. The molecule has 3 aliphatic rings. The zero-order chi connectivity index (χ0) is 22.9. The third-order valence-electron chi connectivity index (χ3n) is 6.83. The maximum atomic E-state index is 12.5. The molecule has 0 bridgehead atoms. The SMILES string of the molecule is CN1CCN(C2CCCN(/C([CH]=[W])=N/C(=CC(N)=O)NCC3CCCCCCC3)C2)C1=O. The van der Waals surface area contributed by atoms with Crippen LogP contribution in [0.15, 0.2) is 16.9 Å². The predicted molar refractivity (Wildman–Crippen MR) is 124 cm³/mol. The summed E-state index contributed by atoms with van der Waals surface area (Å²) in [7, 11) is 1.86. The van der Waals surface area contributed by atoms with Gasteiger partial charge >= 0.3 is 203 Å². The molecule has 3 amide bonds. The number of hydrogen-bond donors (Lipinski definition) is 2. The van der Waals surface area contributed by atoms with Crippen molar-refractivity contribution in [2.45, 2.75) is 63.8 Å². The third kappa shape index (κ3) is 7.16. The van der Waals surface area contributed by atoms with Crippen LogP contribution in [0.4, 0.5) is 4.79 Å². The average Bonchev–Trinajstić information content (AvgIpc) is 3.09. The molecule has 0 aromatic carbocycles. The molecular weight excluding hydrogens is 576 g/mol. The van der Waals surface area contributed by atoms with Crippen molar-refractivity contribution in [2.24, 2.45) is 16.6 Å². The number of rotatable bonds is 7. The van der Waals surface area contributed by atoms with E-state index in [9.17, 15) is 9.59 Å². The number of nitrogens with zero attached hydrogens (tertiary/aromatic N) is 4. The molecule has 0 aromatic rings. The van der Waals surface area contributed by atoms with Gasteiger partial charge in [-0.05, 0) is 0 Å². The fourth-order valence-corrected chi connectivity index (χ4v) is 5.70. The second kappa shape index (κ2) is 12.5. The monoisotopic (exact) mass is 614 g/mol. The molecule has 3 fully saturated rings. The number of urea groups is 1. The summed E-state index contributed by atoms with van der Waals surface area (Å²) in [4.78, 5) is 35.0. The quantitative estimate of drug-likeness (QED) is 0.260. The van der Waals surface area contributed by atoms with E-state index in [1.165, 1.54) is 70.4 Å². The summed E-state index contributed by atoms with van der Waals surface area (Å²) in [6, 6.07) is 0.324. The molecule has 178 valence electrons. The first-order chi connectivity index (χ1) is 15.5. The van der Waals surface area contributed by atoms with Crippen molar-refractivity contribution in [3.8, 4) is 0 Å². The summed E-state index contributed by atoms with van der Waals surface area (Å²) in [5.41, 5.74) is 5.48. The van der Waals surface area contributed by atoms with E-state index < -0.39 is 5.91 Å². The Labute approximate surface area is 203 Å². The fourth-order valence-electron chi connectivity index (χ4n) is 4.97. The molecule has 3 rings (SSSR count). The van der Waals surface area contributed by atoms with Gasteiger partial charge in [-0.1, -0.05) is 0 Å². The predicted octanol–water partition coefficient (Wildman–Crippen LogP) is 1.84. The van der Waals surface area contributed by atoms with Gasteiger partial charge in [0.15, 0.2) is 0 Å². The van der Waals surface area contributed by atoms with Gasteiger partial charge in [0.05, 0.1) is 0 Å². The van der Waals surface area contributed by atoms with E-state index >= 15 is 0 Å². The molecule has 2 saturated heterocycles. The van der Waals surface area contributed by atoms with Gasteiger partial charge in [-0.2, -0.15) is 0 Å². The summed E-state index contributed by atoms with van der Waals surface area (Å²) in [6.45, 7) is 4.08. The number of primary amides is 1. The molecule has 1 unspecified atom stereocenters. The molecule has 8 nitrogen and oxygen atoms in total. The third-order valence-corrected chi connectivity index (χ3v) is 7.58. The summed E-state index contributed by atoms with van der Waals surface area (Å²) in [5.74, 6) is 1.53. The zero-order valence-corrected chi connectivity index (χ0v) is 22.2. The van der Waals surface area contributed by atoms with Gasteiger partial charge in [0.1, 0.15) is 0 Å². The number of amides is 3. The first kappa shape index (κ1) is 24.9. The molecule has 0 aromatic heterocycles. The van der Waals surface area contributed by atoms with Crippen molar-refractivity contribution in [2.75, 3.05) is 39.8 Å². The van der Waals surface area contributed by atoms with Gasteiger partial charge < -0.3 is 0 Å². The van der Waals surface area contributed by atoms with Crippen molar-refractivity contribution in [3.63, 3.8) is 0 Å². The Bertz CT molecular complexity index is 732. The van der Waals surface area contributed by atoms with Crippen LogP contribution in [0.3, 0.4) is 0 Å². The van der Waals surface area contributed by atoms with E-state index in [0.29, 0.717) is 11.7 Å². The van der Waals surface area contributed by atoms with Gasteiger partial charge in [0, 0.05) is 0 Å². The molecular formula is C23H38N6O2W. The number of aliphatic imine (C=N–C) groups is 1. The molecule has 2 heterocycles. The number of carbonyl (C=O) groups is 2. The number of hydrogen-bond acceptors (Lipinski definition) is 4. The molecule has 3 N–H and O–H groups in total. The first-order valence-electron chi connectivity index (χ1n) is 12.0. The van der Waals surface area contributed by atoms with Gasteiger partial charge in [0.2, 0.25) is 0 Å². The van der Waals surface area contributed by atoms with E-state index in [1.807, 2.05) is 11.9 Å². The number of likely N-dealkylation sites (tertiary alicyclic amines) is 1. The fraction of sp³-hybridized carbons (Fsp3) is 0.739. The Kier molecular flexibility index (Phi) is 9.76. The van der Waals surface area contributed by atoms with E-state index in [2.05, 4.69) is 14.6 Å². The van der Waals surface area contributed by atoms with Crippen LogP contribution in [-0.2, 0) is 24.1 Å². The second-order valence-electron chi connectivity index (χ2n) is 9.25. The number of nitrogens with two attached hydrogens (primary N) is 1.